The van der Waals surface area contributed by atoms with E-state index in [-0.39, 0.29) is 5.78 Å². The summed E-state index contributed by atoms with van der Waals surface area (Å²) in [5, 5.41) is 0. The maximum absolute atomic E-state index is 14.3. The van der Waals surface area contributed by atoms with Crippen molar-refractivity contribution < 1.29 is 4.79 Å². The van der Waals surface area contributed by atoms with Crippen molar-refractivity contribution >= 4 is 5.78 Å². The average Bonchev–Trinajstić information content (AvgIpc) is 3.71. The molecule has 192 valence electrons. The van der Waals surface area contributed by atoms with Gasteiger partial charge in [-0.15, -0.1) is 0 Å². The van der Waals surface area contributed by atoms with Gasteiger partial charge in [0, 0.05) is 24.2 Å². The van der Waals surface area contributed by atoms with Gasteiger partial charge < -0.3 is 0 Å². The Morgan fingerprint density at radius 1 is 0.583 bits per heavy atom. The smallest absolute Gasteiger partial charge is 0.193 e. The summed E-state index contributed by atoms with van der Waals surface area (Å²) in [5.74, 6) is 1.37. The van der Waals surface area contributed by atoms with E-state index >= 15 is 0 Å². The van der Waals surface area contributed by atoms with Crippen LogP contribution in [0.25, 0.3) is 0 Å². The maximum atomic E-state index is 14.3. The van der Waals surface area contributed by atoms with Crippen molar-refractivity contribution in [3.05, 3.63) is 69.8 Å². The van der Waals surface area contributed by atoms with E-state index in [4.69, 9.17) is 0 Å². The van der Waals surface area contributed by atoms with Gasteiger partial charge in [-0.1, -0.05) is 62.1 Å². The first-order valence-corrected chi connectivity index (χ1v) is 15.0. The molecule has 2 aromatic carbocycles. The minimum Gasteiger partial charge on any atom is -0.299 e. The van der Waals surface area contributed by atoms with Crippen molar-refractivity contribution in [2.75, 3.05) is 26.2 Å². The fourth-order valence-electron chi connectivity index (χ4n) is 7.53. The molecule has 0 bridgehead atoms. The van der Waals surface area contributed by atoms with Crippen LogP contribution in [0.5, 0.6) is 0 Å². The summed E-state index contributed by atoms with van der Waals surface area (Å²) in [5.41, 5.74) is 7.44. The molecule has 0 radical (unpaired) electrons. The van der Waals surface area contributed by atoms with E-state index in [0.29, 0.717) is 11.8 Å². The van der Waals surface area contributed by atoms with Crippen molar-refractivity contribution in [3.63, 3.8) is 0 Å². The molecule has 2 heterocycles. The molecule has 3 heteroatoms. The molecule has 2 aromatic rings. The lowest BCUT2D eigenvalue weighted by Gasteiger charge is -2.22. The van der Waals surface area contributed by atoms with Crippen LogP contribution < -0.4 is 0 Å². The average molecular weight is 485 g/mol. The lowest BCUT2D eigenvalue weighted by atomic mass is 9.84. The quantitative estimate of drug-likeness (QED) is 0.364. The van der Waals surface area contributed by atoms with Gasteiger partial charge in [-0.05, 0) is 112 Å². The molecule has 0 atom stereocenters. The summed E-state index contributed by atoms with van der Waals surface area (Å²) in [6.45, 7) is 6.93. The minimum absolute atomic E-state index is 0.277. The number of nitrogens with zero attached hydrogens (tertiary/aromatic N) is 2. The predicted molar refractivity (Wildman–Crippen MR) is 148 cm³/mol. The molecule has 2 aliphatic heterocycles. The van der Waals surface area contributed by atoms with Crippen LogP contribution in [0.4, 0.5) is 0 Å². The van der Waals surface area contributed by atoms with E-state index in [1.165, 1.54) is 125 Å². The normalized spacial score (nSPS) is 22.2. The van der Waals surface area contributed by atoms with E-state index < -0.39 is 0 Å². The number of ketones is 1. The molecule has 2 saturated heterocycles. The molecular weight excluding hydrogens is 440 g/mol. The highest BCUT2D eigenvalue weighted by Gasteiger charge is 2.28. The van der Waals surface area contributed by atoms with E-state index in [1.54, 1.807) is 0 Å². The van der Waals surface area contributed by atoms with Crippen LogP contribution in [0, 0.1) is 0 Å². The number of carbonyl (C=O) groups excluding carboxylic acids is 1. The fourth-order valence-corrected chi connectivity index (χ4v) is 7.53. The number of carbonyl (C=O) groups is 1. The first-order valence-electron chi connectivity index (χ1n) is 15.0. The summed E-state index contributed by atoms with van der Waals surface area (Å²) in [6.07, 6.45) is 15.4. The van der Waals surface area contributed by atoms with Crippen LogP contribution in [0.2, 0.25) is 0 Å². The number of rotatable bonds is 8. The lowest BCUT2D eigenvalue weighted by molar-refractivity contribution is 0.103. The SMILES string of the molecule is O=C(c1ccc(CN2CCCC2)cc1C1CCCC1)c1ccc(CN2CCCC2)cc1C1CCCC1. The molecule has 2 aliphatic carbocycles. The highest BCUT2D eigenvalue weighted by molar-refractivity contribution is 6.11. The van der Waals surface area contributed by atoms with Crippen LogP contribution in [0.1, 0.15) is 127 Å². The summed E-state index contributed by atoms with van der Waals surface area (Å²) in [6, 6.07) is 13.7. The summed E-state index contributed by atoms with van der Waals surface area (Å²) < 4.78 is 0. The van der Waals surface area contributed by atoms with Gasteiger partial charge in [0.25, 0.3) is 0 Å². The van der Waals surface area contributed by atoms with Gasteiger partial charge in [0.15, 0.2) is 5.78 Å². The van der Waals surface area contributed by atoms with Crippen molar-refractivity contribution in [2.45, 2.75) is 102 Å². The third-order valence-corrected chi connectivity index (χ3v) is 9.52. The van der Waals surface area contributed by atoms with Crippen LogP contribution in [0.15, 0.2) is 36.4 Å². The second-order valence-corrected chi connectivity index (χ2v) is 12.1. The van der Waals surface area contributed by atoms with E-state index in [9.17, 15) is 4.79 Å². The molecule has 0 spiro atoms. The summed E-state index contributed by atoms with van der Waals surface area (Å²) >= 11 is 0. The van der Waals surface area contributed by atoms with Gasteiger partial charge in [0.05, 0.1) is 0 Å². The zero-order valence-corrected chi connectivity index (χ0v) is 22.1. The number of hydrogen-bond donors (Lipinski definition) is 0. The zero-order valence-electron chi connectivity index (χ0n) is 22.1. The first kappa shape index (κ1) is 24.4. The highest BCUT2D eigenvalue weighted by Crippen LogP contribution is 2.40. The fraction of sp³-hybridized carbons (Fsp3) is 0.606. The molecule has 4 fully saturated rings. The van der Waals surface area contributed by atoms with E-state index in [1.807, 2.05) is 0 Å². The predicted octanol–water partition coefficient (Wildman–Crippen LogP) is 7.42. The van der Waals surface area contributed by atoms with Crippen molar-refractivity contribution in [3.8, 4) is 0 Å². The Bertz CT molecular complexity index is 968. The zero-order chi connectivity index (χ0) is 24.3. The minimum atomic E-state index is 0.277. The maximum Gasteiger partial charge on any atom is 0.193 e. The van der Waals surface area contributed by atoms with E-state index in [0.717, 1.165) is 24.2 Å². The van der Waals surface area contributed by atoms with Gasteiger partial charge in [-0.25, -0.2) is 0 Å². The first-order chi connectivity index (χ1) is 17.7. The topological polar surface area (TPSA) is 23.6 Å². The monoisotopic (exact) mass is 484 g/mol. The largest absolute Gasteiger partial charge is 0.299 e. The summed E-state index contributed by atoms with van der Waals surface area (Å²) in [4.78, 5) is 19.4. The van der Waals surface area contributed by atoms with Gasteiger partial charge in [-0.2, -0.15) is 0 Å². The van der Waals surface area contributed by atoms with Crippen molar-refractivity contribution in [1.82, 2.24) is 9.80 Å². The molecule has 2 saturated carbocycles. The third kappa shape index (κ3) is 5.34. The van der Waals surface area contributed by atoms with Crippen molar-refractivity contribution in [1.29, 1.82) is 0 Å². The number of benzene rings is 2. The molecule has 3 nitrogen and oxygen atoms in total. The molecular formula is C33H44N2O. The Morgan fingerprint density at radius 3 is 1.36 bits per heavy atom. The molecule has 36 heavy (non-hydrogen) atoms. The number of likely N-dealkylation sites (tertiary alicyclic amines) is 2. The highest BCUT2D eigenvalue weighted by atomic mass is 16.1. The van der Waals surface area contributed by atoms with E-state index in [2.05, 4.69) is 46.2 Å². The second kappa shape index (κ2) is 11.2. The van der Waals surface area contributed by atoms with Gasteiger partial charge >= 0.3 is 0 Å². The van der Waals surface area contributed by atoms with Crippen LogP contribution in [0.3, 0.4) is 0 Å². The Morgan fingerprint density at radius 2 is 0.972 bits per heavy atom. The standard InChI is InChI=1S/C33H44N2O/c36-33(29-15-13-25(23-34-17-5-6-18-34)21-31(29)27-9-1-2-10-27)30-16-14-26(24-35-19-7-8-20-35)22-32(30)28-11-3-4-12-28/h13-16,21-22,27-28H,1-12,17-20,23-24H2. The molecule has 4 aliphatic rings. The van der Waals surface area contributed by atoms with Crippen LogP contribution in [-0.4, -0.2) is 41.8 Å². The molecule has 0 unspecified atom stereocenters. The van der Waals surface area contributed by atoms with Gasteiger partial charge in [-0.3, -0.25) is 14.6 Å². The van der Waals surface area contributed by atoms with Gasteiger partial charge in [0.1, 0.15) is 0 Å². The summed E-state index contributed by atoms with van der Waals surface area (Å²) in [7, 11) is 0. The molecule has 0 N–H and O–H groups in total. The Hall–Kier alpha value is -1.97. The molecule has 0 amide bonds. The lowest BCUT2D eigenvalue weighted by Crippen LogP contribution is -2.20. The third-order valence-electron chi connectivity index (χ3n) is 9.52. The Kier molecular flexibility index (Phi) is 7.58. The van der Waals surface area contributed by atoms with Crippen LogP contribution >= 0.6 is 0 Å². The Balaban J connectivity index is 1.33. The molecule has 6 rings (SSSR count). The van der Waals surface area contributed by atoms with Crippen molar-refractivity contribution in [2.24, 2.45) is 0 Å². The molecule has 0 aromatic heterocycles. The Labute approximate surface area is 218 Å². The van der Waals surface area contributed by atoms with Gasteiger partial charge in [0.2, 0.25) is 0 Å². The van der Waals surface area contributed by atoms with Crippen LogP contribution in [-0.2, 0) is 13.1 Å². The second-order valence-electron chi connectivity index (χ2n) is 12.1. The number of hydrogen-bond acceptors (Lipinski definition) is 3.